The molecular weight excluding hydrogens is 480 g/mol. The lowest BCUT2D eigenvalue weighted by Crippen LogP contribution is -2.39. The molecule has 1 fully saturated rings. The fraction of sp³-hybridized carbons (Fsp3) is 0.346. The summed E-state index contributed by atoms with van der Waals surface area (Å²) in [5.41, 5.74) is 7.16. The molecule has 1 atom stereocenters. The molecule has 2 aromatic heterocycles. The molecular formula is C26H30N4O5S. The highest BCUT2D eigenvalue weighted by Gasteiger charge is 2.29. The van der Waals surface area contributed by atoms with Gasteiger partial charge in [-0.3, -0.25) is 4.79 Å². The molecule has 3 aromatic rings. The van der Waals surface area contributed by atoms with Crippen LogP contribution in [0.25, 0.3) is 10.4 Å². The number of pyridine rings is 1. The highest BCUT2D eigenvalue weighted by Crippen LogP contribution is 2.38. The van der Waals surface area contributed by atoms with E-state index in [9.17, 15) is 19.8 Å². The number of aromatic nitrogens is 1. The molecule has 0 spiro atoms. The Balaban J connectivity index is 1.53. The minimum atomic E-state index is -0.951. The standard InChI is InChI=1S/C26H30N4O5S/c1-26(2,35)17-8-6-15(7-9-17)20-14-18(23(27)32)24(36-20)29-21-5-3-4-19(28-21)22(31)16-10-12-30(13-11-16)25(33)34/h3-9,14,16,22,31,35H,10-13H2,1-2H3,(H2,27,32)(H,28,29)(H,33,34). The van der Waals surface area contributed by atoms with Crippen LogP contribution in [0, 0.1) is 5.92 Å². The minimum absolute atomic E-state index is 0.0928. The van der Waals surface area contributed by atoms with E-state index < -0.39 is 23.7 Å². The summed E-state index contributed by atoms with van der Waals surface area (Å²) >= 11 is 1.36. The number of hydrogen-bond donors (Lipinski definition) is 5. The van der Waals surface area contributed by atoms with Gasteiger partial charge in [-0.05, 0) is 61.9 Å². The van der Waals surface area contributed by atoms with Crippen LogP contribution in [0.15, 0.2) is 48.5 Å². The van der Waals surface area contributed by atoms with Crippen LogP contribution in [0.1, 0.15) is 54.4 Å². The number of carboxylic acid groups (broad SMARTS) is 1. The number of hydrogen-bond acceptors (Lipinski definition) is 7. The quantitative estimate of drug-likeness (QED) is 0.318. The maximum Gasteiger partial charge on any atom is 0.407 e. The third kappa shape index (κ3) is 5.67. The number of carbonyl (C=O) groups excluding carboxylic acids is 1. The number of piperidine rings is 1. The number of aliphatic hydroxyl groups excluding tert-OH is 1. The molecule has 1 aromatic carbocycles. The van der Waals surface area contributed by atoms with Crippen LogP contribution in [-0.4, -0.2) is 50.3 Å². The number of thiophene rings is 1. The Hall–Kier alpha value is -3.47. The number of anilines is 2. The van der Waals surface area contributed by atoms with Gasteiger partial charge in [-0.15, -0.1) is 11.3 Å². The van der Waals surface area contributed by atoms with E-state index >= 15 is 0 Å². The zero-order valence-electron chi connectivity index (χ0n) is 20.1. The van der Waals surface area contributed by atoms with Gasteiger partial charge in [0.1, 0.15) is 10.8 Å². The van der Waals surface area contributed by atoms with Crippen molar-refractivity contribution in [1.29, 1.82) is 0 Å². The van der Waals surface area contributed by atoms with Crippen molar-refractivity contribution in [1.82, 2.24) is 9.88 Å². The van der Waals surface area contributed by atoms with Gasteiger partial charge >= 0.3 is 6.09 Å². The summed E-state index contributed by atoms with van der Waals surface area (Å²) in [6.07, 6.45) is -0.661. The Morgan fingerprint density at radius 2 is 1.83 bits per heavy atom. The molecule has 3 heterocycles. The number of carbonyl (C=O) groups is 2. The Labute approximate surface area is 213 Å². The molecule has 2 amide bonds. The molecule has 4 rings (SSSR count). The molecule has 0 aliphatic carbocycles. The van der Waals surface area contributed by atoms with E-state index in [2.05, 4.69) is 10.3 Å². The van der Waals surface area contributed by atoms with E-state index in [4.69, 9.17) is 10.8 Å². The summed E-state index contributed by atoms with van der Waals surface area (Å²) in [4.78, 5) is 30.0. The van der Waals surface area contributed by atoms with E-state index in [0.29, 0.717) is 48.0 Å². The van der Waals surface area contributed by atoms with E-state index in [0.717, 1.165) is 16.0 Å². The molecule has 0 radical (unpaired) electrons. The van der Waals surface area contributed by atoms with Crippen LogP contribution < -0.4 is 11.1 Å². The molecule has 6 N–H and O–H groups in total. The molecule has 0 bridgehead atoms. The van der Waals surface area contributed by atoms with E-state index in [1.165, 1.54) is 16.2 Å². The highest BCUT2D eigenvalue weighted by atomic mass is 32.1. The van der Waals surface area contributed by atoms with Crippen molar-refractivity contribution in [3.63, 3.8) is 0 Å². The number of nitrogens with one attached hydrogen (secondary N) is 1. The Morgan fingerprint density at radius 3 is 2.42 bits per heavy atom. The van der Waals surface area contributed by atoms with Gasteiger partial charge in [-0.25, -0.2) is 9.78 Å². The first-order chi connectivity index (χ1) is 17.0. The van der Waals surface area contributed by atoms with Gasteiger partial charge in [0, 0.05) is 18.0 Å². The Bertz CT molecular complexity index is 1240. The smallest absolute Gasteiger partial charge is 0.407 e. The average molecular weight is 511 g/mol. The van der Waals surface area contributed by atoms with Crippen LogP contribution in [-0.2, 0) is 5.60 Å². The number of aliphatic hydroxyl groups is 2. The second-order valence-corrected chi connectivity index (χ2v) is 10.5. The van der Waals surface area contributed by atoms with Crippen molar-refractivity contribution < 1.29 is 24.9 Å². The lowest BCUT2D eigenvalue weighted by Gasteiger charge is -2.32. The van der Waals surface area contributed by atoms with Gasteiger partial charge in [0.15, 0.2) is 0 Å². The lowest BCUT2D eigenvalue weighted by molar-refractivity contribution is 0.0551. The van der Waals surface area contributed by atoms with E-state index in [1.807, 2.05) is 24.3 Å². The number of primary amides is 1. The number of amides is 2. The average Bonchev–Trinajstić information content (AvgIpc) is 3.27. The first kappa shape index (κ1) is 25.6. The summed E-state index contributed by atoms with van der Waals surface area (Å²) in [5, 5.41) is 33.9. The predicted octanol–water partition coefficient (Wildman–Crippen LogP) is 4.30. The van der Waals surface area contributed by atoms with Crippen LogP contribution in [0.4, 0.5) is 15.6 Å². The first-order valence-electron chi connectivity index (χ1n) is 11.7. The first-order valence-corrected chi connectivity index (χ1v) is 12.5. The Kier molecular flexibility index (Phi) is 7.30. The summed E-state index contributed by atoms with van der Waals surface area (Å²) in [5.74, 6) is -0.206. The molecule has 1 unspecified atom stereocenters. The van der Waals surface area contributed by atoms with E-state index in [1.54, 1.807) is 38.1 Å². The topological polar surface area (TPSA) is 149 Å². The van der Waals surface area contributed by atoms with Gasteiger partial charge in [0.05, 0.1) is 23.0 Å². The minimum Gasteiger partial charge on any atom is -0.465 e. The molecule has 0 saturated carbocycles. The largest absolute Gasteiger partial charge is 0.465 e. The maximum absolute atomic E-state index is 12.1. The van der Waals surface area contributed by atoms with Gasteiger partial charge in [-0.1, -0.05) is 30.3 Å². The van der Waals surface area contributed by atoms with Crippen molar-refractivity contribution in [2.45, 2.75) is 38.4 Å². The molecule has 1 saturated heterocycles. The number of benzene rings is 1. The molecule has 1 aliphatic heterocycles. The fourth-order valence-electron chi connectivity index (χ4n) is 4.30. The Morgan fingerprint density at radius 1 is 1.17 bits per heavy atom. The van der Waals surface area contributed by atoms with Crippen molar-refractivity contribution >= 4 is 34.2 Å². The van der Waals surface area contributed by atoms with Crippen LogP contribution in [0.2, 0.25) is 0 Å². The maximum atomic E-state index is 12.1. The molecule has 10 heteroatoms. The van der Waals surface area contributed by atoms with Gasteiger partial charge in [0.2, 0.25) is 0 Å². The van der Waals surface area contributed by atoms with Crippen molar-refractivity contribution in [3.8, 4) is 10.4 Å². The van der Waals surface area contributed by atoms with Crippen molar-refractivity contribution in [2.24, 2.45) is 11.7 Å². The second kappa shape index (κ2) is 10.3. The van der Waals surface area contributed by atoms with Crippen molar-refractivity contribution in [3.05, 3.63) is 65.4 Å². The van der Waals surface area contributed by atoms with Crippen molar-refractivity contribution in [2.75, 3.05) is 18.4 Å². The SMILES string of the molecule is CC(C)(O)c1ccc(-c2cc(C(N)=O)c(Nc3cccc(C(O)C4CCN(C(=O)O)CC4)n3)s2)cc1. The number of nitrogens with two attached hydrogens (primary N) is 1. The highest BCUT2D eigenvalue weighted by molar-refractivity contribution is 7.19. The van der Waals surface area contributed by atoms with Gasteiger partial charge in [-0.2, -0.15) is 0 Å². The second-order valence-electron chi connectivity index (χ2n) is 9.48. The fourth-order valence-corrected chi connectivity index (χ4v) is 5.38. The predicted molar refractivity (Wildman–Crippen MR) is 138 cm³/mol. The third-order valence-electron chi connectivity index (χ3n) is 6.45. The lowest BCUT2D eigenvalue weighted by atomic mass is 9.89. The van der Waals surface area contributed by atoms with Crippen LogP contribution in [0.5, 0.6) is 0 Å². The normalized spacial score (nSPS) is 15.5. The summed E-state index contributed by atoms with van der Waals surface area (Å²) in [7, 11) is 0. The van der Waals surface area contributed by atoms with E-state index in [-0.39, 0.29) is 5.92 Å². The zero-order valence-corrected chi connectivity index (χ0v) is 21.0. The van der Waals surface area contributed by atoms with Crippen LogP contribution >= 0.6 is 11.3 Å². The summed E-state index contributed by atoms with van der Waals surface area (Å²) in [6.45, 7) is 4.20. The molecule has 9 nitrogen and oxygen atoms in total. The molecule has 36 heavy (non-hydrogen) atoms. The third-order valence-corrected chi connectivity index (χ3v) is 7.54. The monoisotopic (exact) mass is 510 g/mol. The number of rotatable bonds is 7. The molecule has 1 aliphatic rings. The van der Waals surface area contributed by atoms with Crippen LogP contribution in [0.3, 0.4) is 0 Å². The van der Waals surface area contributed by atoms with Gasteiger partial charge in [0.25, 0.3) is 5.91 Å². The van der Waals surface area contributed by atoms with Gasteiger partial charge < -0.3 is 31.3 Å². The summed E-state index contributed by atoms with van der Waals surface area (Å²) in [6, 6.07) is 14.4. The number of likely N-dealkylation sites (tertiary alicyclic amines) is 1. The molecule has 190 valence electrons. The summed E-state index contributed by atoms with van der Waals surface area (Å²) < 4.78 is 0. The zero-order chi connectivity index (χ0) is 26.0. The number of nitrogens with zero attached hydrogens (tertiary/aromatic N) is 2.